The summed E-state index contributed by atoms with van der Waals surface area (Å²) in [5.74, 6) is -0.318. The van der Waals surface area contributed by atoms with Crippen molar-refractivity contribution in [3.05, 3.63) is 66.5 Å². The summed E-state index contributed by atoms with van der Waals surface area (Å²) in [6.45, 7) is 0. The molecule has 0 aliphatic heterocycles. The second kappa shape index (κ2) is 7.44. The minimum Gasteiger partial charge on any atom is -0.366 e. The van der Waals surface area contributed by atoms with Gasteiger partial charge in [-0.1, -0.05) is 12.1 Å². The number of benzene rings is 2. The van der Waals surface area contributed by atoms with Gasteiger partial charge in [-0.05, 0) is 36.4 Å². The molecule has 2 heterocycles. The molecule has 2 aromatic heterocycles. The van der Waals surface area contributed by atoms with Gasteiger partial charge in [0.25, 0.3) is 10.0 Å². The summed E-state index contributed by atoms with van der Waals surface area (Å²) in [6, 6.07) is 13.5. The maximum absolute atomic E-state index is 12.8. The van der Waals surface area contributed by atoms with Crippen molar-refractivity contribution in [2.45, 2.75) is 4.90 Å². The number of primary amides is 1. The number of para-hydroxylation sites is 2. The highest BCUT2D eigenvalue weighted by Crippen LogP contribution is 2.27. The highest BCUT2D eigenvalue weighted by Gasteiger charge is 2.20. The number of rotatable bonds is 6. The van der Waals surface area contributed by atoms with Crippen molar-refractivity contribution < 1.29 is 13.2 Å². The molecule has 30 heavy (non-hydrogen) atoms. The number of aryl methyl sites for hydroxylation is 1. The van der Waals surface area contributed by atoms with Gasteiger partial charge in [0, 0.05) is 24.5 Å². The van der Waals surface area contributed by atoms with Gasteiger partial charge in [0.15, 0.2) is 11.6 Å². The Labute approximate surface area is 171 Å². The quantitative estimate of drug-likeness (QED) is 0.430. The van der Waals surface area contributed by atoms with E-state index in [1.54, 1.807) is 49.5 Å². The first-order valence-electron chi connectivity index (χ1n) is 8.77. The summed E-state index contributed by atoms with van der Waals surface area (Å²) >= 11 is 0. The van der Waals surface area contributed by atoms with E-state index in [0.717, 1.165) is 0 Å². The predicted molar refractivity (Wildman–Crippen MR) is 112 cm³/mol. The molecule has 152 valence electrons. The van der Waals surface area contributed by atoms with Crippen molar-refractivity contribution in [1.29, 1.82) is 0 Å². The summed E-state index contributed by atoms with van der Waals surface area (Å²) in [5.41, 5.74) is 7.29. The monoisotopic (exact) mass is 423 g/mol. The lowest BCUT2D eigenvalue weighted by Gasteiger charge is -2.13. The molecule has 0 fully saturated rings. The Morgan fingerprint density at radius 3 is 2.20 bits per heavy atom. The van der Waals surface area contributed by atoms with E-state index >= 15 is 0 Å². The van der Waals surface area contributed by atoms with Crippen LogP contribution in [0, 0.1) is 0 Å². The van der Waals surface area contributed by atoms with Crippen LogP contribution < -0.4 is 15.8 Å². The van der Waals surface area contributed by atoms with Crippen molar-refractivity contribution in [2.24, 2.45) is 12.8 Å². The van der Waals surface area contributed by atoms with E-state index in [0.29, 0.717) is 22.3 Å². The molecule has 1 amide bonds. The standard InChI is InChI=1S/C19H17N7O3S/c1-26-11-14(10-21-26)30(28,29)25-19-18(23-15-4-2-3-5-16(15)24-19)22-13-8-6-12(7-9-13)17(20)27/h2-11H,1H3,(H2,20,27)(H,22,23)(H,24,25). The highest BCUT2D eigenvalue weighted by molar-refractivity contribution is 7.92. The van der Waals surface area contributed by atoms with Crippen LogP contribution >= 0.6 is 0 Å². The number of carbonyl (C=O) groups excluding carboxylic acids is 1. The highest BCUT2D eigenvalue weighted by atomic mass is 32.2. The van der Waals surface area contributed by atoms with Crippen LogP contribution in [-0.2, 0) is 17.1 Å². The second-order valence-corrected chi connectivity index (χ2v) is 8.11. The minimum absolute atomic E-state index is 0.00304. The first-order chi connectivity index (χ1) is 14.3. The van der Waals surface area contributed by atoms with Crippen LogP contribution in [0.3, 0.4) is 0 Å². The number of hydrogen-bond donors (Lipinski definition) is 3. The minimum atomic E-state index is -3.93. The number of anilines is 3. The van der Waals surface area contributed by atoms with Crippen LogP contribution in [0.25, 0.3) is 11.0 Å². The zero-order valence-electron chi connectivity index (χ0n) is 15.8. The number of carbonyl (C=O) groups is 1. The van der Waals surface area contributed by atoms with E-state index in [4.69, 9.17) is 5.73 Å². The summed E-state index contributed by atoms with van der Waals surface area (Å²) < 4.78 is 29.4. The van der Waals surface area contributed by atoms with Gasteiger partial charge in [0.1, 0.15) is 4.90 Å². The third-order valence-electron chi connectivity index (χ3n) is 4.23. The number of nitrogens with zero attached hydrogens (tertiary/aromatic N) is 4. The molecular weight excluding hydrogens is 406 g/mol. The van der Waals surface area contributed by atoms with Gasteiger partial charge in [0.2, 0.25) is 5.91 Å². The fraction of sp³-hybridized carbons (Fsp3) is 0.0526. The lowest BCUT2D eigenvalue weighted by molar-refractivity contribution is 0.100. The summed E-state index contributed by atoms with van der Waals surface area (Å²) in [7, 11) is -2.31. The topological polar surface area (TPSA) is 145 Å². The molecule has 4 rings (SSSR count). The van der Waals surface area contributed by atoms with Crippen LogP contribution in [0.15, 0.2) is 65.8 Å². The Kier molecular flexibility index (Phi) is 4.80. The molecule has 0 saturated carbocycles. The molecule has 0 aliphatic rings. The van der Waals surface area contributed by atoms with E-state index in [1.165, 1.54) is 17.1 Å². The largest absolute Gasteiger partial charge is 0.366 e. The third kappa shape index (κ3) is 3.91. The molecule has 10 nitrogen and oxygen atoms in total. The Balaban J connectivity index is 1.74. The number of sulfonamides is 1. The van der Waals surface area contributed by atoms with E-state index in [2.05, 4.69) is 25.1 Å². The summed E-state index contributed by atoms with van der Waals surface area (Å²) in [4.78, 5) is 20.2. The molecule has 0 saturated heterocycles. The molecule has 11 heteroatoms. The van der Waals surface area contributed by atoms with Crippen molar-refractivity contribution in [2.75, 3.05) is 10.0 Å². The zero-order valence-corrected chi connectivity index (χ0v) is 16.6. The van der Waals surface area contributed by atoms with E-state index < -0.39 is 15.9 Å². The summed E-state index contributed by atoms with van der Waals surface area (Å²) in [5, 5.41) is 6.93. The van der Waals surface area contributed by atoms with Crippen molar-refractivity contribution in [3.8, 4) is 0 Å². The molecule has 0 bridgehead atoms. The van der Waals surface area contributed by atoms with Gasteiger partial charge >= 0.3 is 0 Å². The maximum atomic E-state index is 12.8. The van der Waals surface area contributed by atoms with Crippen LogP contribution in [0.4, 0.5) is 17.3 Å². The Bertz CT molecular complexity index is 1350. The first kappa shape index (κ1) is 19.3. The van der Waals surface area contributed by atoms with Crippen molar-refractivity contribution in [1.82, 2.24) is 19.7 Å². The number of nitrogens with one attached hydrogen (secondary N) is 2. The van der Waals surface area contributed by atoms with Gasteiger partial charge in [-0.15, -0.1) is 0 Å². The van der Waals surface area contributed by atoms with E-state index in [1.807, 2.05) is 6.07 Å². The number of aromatic nitrogens is 4. The Morgan fingerprint density at radius 2 is 1.63 bits per heavy atom. The molecule has 0 aliphatic carbocycles. The van der Waals surface area contributed by atoms with Gasteiger partial charge in [-0.2, -0.15) is 5.10 Å². The molecule has 4 aromatic rings. The molecule has 2 aromatic carbocycles. The van der Waals surface area contributed by atoms with Gasteiger partial charge in [-0.3, -0.25) is 14.2 Å². The summed E-state index contributed by atoms with van der Waals surface area (Å²) in [6.07, 6.45) is 2.62. The van der Waals surface area contributed by atoms with Crippen molar-refractivity contribution >= 4 is 44.3 Å². The number of amides is 1. The lowest BCUT2D eigenvalue weighted by atomic mass is 10.2. The fourth-order valence-electron chi connectivity index (χ4n) is 2.74. The normalized spacial score (nSPS) is 11.4. The zero-order chi connectivity index (χ0) is 21.3. The van der Waals surface area contributed by atoms with Gasteiger partial charge in [-0.25, -0.2) is 18.4 Å². The molecule has 0 unspecified atom stereocenters. The maximum Gasteiger partial charge on any atom is 0.266 e. The second-order valence-electron chi connectivity index (χ2n) is 6.43. The molecule has 0 radical (unpaired) electrons. The Morgan fingerprint density at radius 1 is 1.00 bits per heavy atom. The average molecular weight is 423 g/mol. The average Bonchev–Trinajstić information content (AvgIpc) is 3.16. The van der Waals surface area contributed by atoms with Crippen molar-refractivity contribution in [3.63, 3.8) is 0 Å². The molecule has 4 N–H and O–H groups in total. The van der Waals surface area contributed by atoms with E-state index in [9.17, 15) is 13.2 Å². The molecule has 0 spiro atoms. The SMILES string of the molecule is Cn1cc(S(=O)(=O)Nc2nc3ccccc3nc2Nc2ccc(C(N)=O)cc2)cn1. The number of hydrogen-bond acceptors (Lipinski definition) is 7. The van der Waals surface area contributed by atoms with Crippen LogP contribution in [0.2, 0.25) is 0 Å². The van der Waals surface area contributed by atoms with Crippen LogP contribution in [0.1, 0.15) is 10.4 Å². The first-order valence-corrected chi connectivity index (χ1v) is 10.3. The van der Waals surface area contributed by atoms with Crippen LogP contribution in [0.5, 0.6) is 0 Å². The fourth-order valence-corrected chi connectivity index (χ4v) is 3.73. The Hall–Kier alpha value is -3.99. The molecular formula is C19H17N7O3S. The van der Waals surface area contributed by atoms with Gasteiger partial charge in [0.05, 0.1) is 17.2 Å². The predicted octanol–water partition coefficient (Wildman–Crippen LogP) is 2.01. The third-order valence-corrected chi connectivity index (χ3v) is 5.52. The van der Waals surface area contributed by atoms with Crippen LogP contribution in [-0.4, -0.2) is 34.1 Å². The lowest BCUT2D eigenvalue weighted by Crippen LogP contribution is -2.15. The molecule has 0 atom stereocenters. The smallest absolute Gasteiger partial charge is 0.266 e. The number of fused-ring (bicyclic) bond motifs is 1. The van der Waals surface area contributed by atoms with E-state index in [-0.39, 0.29) is 16.5 Å². The number of nitrogens with two attached hydrogens (primary N) is 1. The van der Waals surface area contributed by atoms with Gasteiger partial charge < -0.3 is 11.1 Å².